The molecule has 0 unspecified atom stereocenters. The summed E-state index contributed by atoms with van der Waals surface area (Å²) in [6.45, 7) is 1.93. The van der Waals surface area contributed by atoms with Crippen molar-refractivity contribution < 1.29 is 9.53 Å². The van der Waals surface area contributed by atoms with Gasteiger partial charge in [-0.3, -0.25) is 4.79 Å². The molecule has 3 rings (SSSR count). The molecule has 0 spiro atoms. The average Bonchev–Trinajstić information content (AvgIpc) is 3.03. The Morgan fingerprint density at radius 3 is 2.38 bits per heavy atom. The third-order valence-corrected chi connectivity index (χ3v) is 3.87. The number of ether oxygens (including phenoxy) is 1. The number of hydrogen-bond acceptors (Lipinski definition) is 3. The van der Waals surface area contributed by atoms with Crippen molar-refractivity contribution in [3.05, 3.63) is 72.1 Å². The molecule has 0 bridgehead atoms. The van der Waals surface area contributed by atoms with Crippen molar-refractivity contribution in [1.29, 1.82) is 0 Å². The zero-order valence-electron chi connectivity index (χ0n) is 13.9. The van der Waals surface area contributed by atoms with Crippen molar-refractivity contribution in [1.82, 2.24) is 9.78 Å². The highest BCUT2D eigenvalue weighted by Gasteiger charge is 2.18. The van der Waals surface area contributed by atoms with E-state index in [1.165, 1.54) is 0 Å². The van der Waals surface area contributed by atoms with Gasteiger partial charge < -0.3 is 9.64 Å². The van der Waals surface area contributed by atoms with Crippen LogP contribution in [0.3, 0.4) is 0 Å². The molecule has 5 heteroatoms. The Hall–Kier alpha value is -3.08. The molecule has 3 aromatic rings. The van der Waals surface area contributed by atoms with Crippen LogP contribution >= 0.6 is 0 Å². The van der Waals surface area contributed by atoms with Crippen LogP contribution in [-0.4, -0.2) is 29.8 Å². The van der Waals surface area contributed by atoms with E-state index in [9.17, 15) is 4.79 Å². The van der Waals surface area contributed by atoms with Crippen LogP contribution in [0.25, 0.3) is 5.69 Å². The van der Waals surface area contributed by atoms with Gasteiger partial charge in [0.2, 0.25) is 0 Å². The summed E-state index contributed by atoms with van der Waals surface area (Å²) in [5.74, 6) is 0.639. The highest BCUT2D eigenvalue weighted by Crippen LogP contribution is 2.19. The van der Waals surface area contributed by atoms with Crippen molar-refractivity contribution in [3.8, 4) is 11.4 Å². The summed E-state index contributed by atoms with van der Waals surface area (Å²) in [5, 5.41) is 4.47. The predicted molar refractivity (Wildman–Crippen MR) is 94.0 cm³/mol. The van der Waals surface area contributed by atoms with Gasteiger partial charge in [-0.2, -0.15) is 5.10 Å². The number of carbonyl (C=O) groups is 1. The molecule has 0 aliphatic heterocycles. The van der Waals surface area contributed by atoms with Crippen LogP contribution in [0.2, 0.25) is 0 Å². The largest absolute Gasteiger partial charge is 0.497 e. The Morgan fingerprint density at radius 1 is 1.08 bits per heavy atom. The summed E-state index contributed by atoms with van der Waals surface area (Å²) in [6.07, 6.45) is 0. The van der Waals surface area contributed by atoms with E-state index in [-0.39, 0.29) is 5.91 Å². The molecular formula is C19H19N3O2. The zero-order chi connectivity index (χ0) is 17.1. The standard InChI is InChI=1S/C19H19N3O2/c1-14-13-18(19(23)21(2)15-7-5-4-6-8-15)20-22(14)16-9-11-17(24-3)12-10-16/h4-13H,1-3H3. The monoisotopic (exact) mass is 321 g/mol. The van der Waals surface area contributed by atoms with Gasteiger partial charge in [-0.1, -0.05) is 18.2 Å². The maximum atomic E-state index is 12.7. The molecule has 0 fully saturated rings. The van der Waals surface area contributed by atoms with Crippen molar-refractivity contribution in [2.24, 2.45) is 0 Å². The Bertz CT molecular complexity index is 839. The molecule has 1 amide bonds. The van der Waals surface area contributed by atoms with Gasteiger partial charge in [0.25, 0.3) is 5.91 Å². The van der Waals surface area contributed by atoms with Gasteiger partial charge in [-0.15, -0.1) is 0 Å². The van der Waals surface area contributed by atoms with Crippen molar-refractivity contribution in [2.45, 2.75) is 6.92 Å². The molecule has 0 radical (unpaired) electrons. The van der Waals surface area contributed by atoms with E-state index in [1.807, 2.05) is 61.5 Å². The Kier molecular flexibility index (Phi) is 4.33. The first-order valence-corrected chi connectivity index (χ1v) is 7.64. The Balaban J connectivity index is 1.89. The molecule has 0 N–H and O–H groups in total. The summed E-state index contributed by atoms with van der Waals surface area (Å²) >= 11 is 0. The second-order valence-corrected chi connectivity index (χ2v) is 5.48. The fraction of sp³-hybridized carbons (Fsp3) is 0.158. The second kappa shape index (κ2) is 6.58. The first-order chi connectivity index (χ1) is 11.6. The molecule has 0 aliphatic carbocycles. The number of amides is 1. The number of methoxy groups -OCH3 is 1. The number of nitrogens with zero attached hydrogens (tertiary/aromatic N) is 3. The fourth-order valence-electron chi connectivity index (χ4n) is 2.50. The van der Waals surface area contributed by atoms with Gasteiger partial charge in [0.05, 0.1) is 12.8 Å². The van der Waals surface area contributed by atoms with Gasteiger partial charge >= 0.3 is 0 Å². The van der Waals surface area contributed by atoms with Crippen molar-refractivity contribution in [2.75, 3.05) is 19.1 Å². The number of rotatable bonds is 4. The number of aryl methyl sites for hydroxylation is 1. The fourth-order valence-corrected chi connectivity index (χ4v) is 2.50. The summed E-state index contributed by atoms with van der Waals surface area (Å²) in [6, 6.07) is 18.9. The molecule has 1 aromatic heterocycles. The quantitative estimate of drug-likeness (QED) is 0.739. The van der Waals surface area contributed by atoms with E-state index < -0.39 is 0 Å². The van der Waals surface area contributed by atoms with Gasteiger partial charge in [-0.05, 0) is 49.4 Å². The summed E-state index contributed by atoms with van der Waals surface area (Å²) in [4.78, 5) is 14.3. The van der Waals surface area contributed by atoms with Crippen LogP contribution < -0.4 is 9.64 Å². The molecule has 0 aliphatic rings. The van der Waals surface area contributed by atoms with E-state index in [4.69, 9.17) is 4.74 Å². The minimum absolute atomic E-state index is 0.142. The van der Waals surface area contributed by atoms with Crippen LogP contribution in [-0.2, 0) is 0 Å². The molecule has 0 atom stereocenters. The first kappa shape index (κ1) is 15.8. The maximum Gasteiger partial charge on any atom is 0.278 e. The van der Waals surface area contributed by atoms with Crippen LogP contribution in [0, 0.1) is 6.92 Å². The normalized spacial score (nSPS) is 10.5. The van der Waals surface area contributed by atoms with Crippen molar-refractivity contribution in [3.63, 3.8) is 0 Å². The number of para-hydroxylation sites is 1. The number of carbonyl (C=O) groups excluding carboxylic acids is 1. The SMILES string of the molecule is COc1ccc(-n2nc(C(=O)N(C)c3ccccc3)cc2C)cc1. The number of anilines is 1. The van der Waals surface area contributed by atoms with Crippen LogP contribution in [0.15, 0.2) is 60.7 Å². The third kappa shape index (κ3) is 3.01. The van der Waals surface area contributed by atoms with E-state index in [0.29, 0.717) is 5.69 Å². The third-order valence-electron chi connectivity index (χ3n) is 3.87. The molecular weight excluding hydrogens is 302 g/mol. The Labute approximate surface area is 141 Å². The molecule has 2 aromatic carbocycles. The maximum absolute atomic E-state index is 12.7. The van der Waals surface area contributed by atoms with E-state index in [0.717, 1.165) is 22.8 Å². The topological polar surface area (TPSA) is 47.4 Å². The molecule has 1 heterocycles. The van der Waals surface area contributed by atoms with Gasteiger partial charge in [0, 0.05) is 18.4 Å². The lowest BCUT2D eigenvalue weighted by Gasteiger charge is -2.15. The second-order valence-electron chi connectivity index (χ2n) is 5.48. The zero-order valence-corrected chi connectivity index (χ0v) is 13.9. The summed E-state index contributed by atoms with van der Waals surface area (Å²) < 4.78 is 6.92. The molecule has 24 heavy (non-hydrogen) atoms. The molecule has 0 saturated carbocycles. The van der Waals surface area contributed by atoms with E-state index in [2.05, 4.69) is 5.10 Å². The summed E-state index contributed by atoms with van der Waals surface area (Å²) in [5.41, 5.74) is 3.02. The number of hydrogen-bond donors (Lipinski definition) is 0. The van der Waals surface area contributed by atoms with Gasteiger partial charge in [-0.25, -0.2) is 4.68 Å². The smallest absolute Gasteiger partial charge is 0.278 e. The number of aromatic nitrogens is 2. The van der Waals surface area contributed by atoms with Crippen molar-refractivity contribution >= 4 is 11.6 Å². The van der Waals surface area contributed by atoms with E-state index >= 15 is 0 Å². The molecule has 122 valence electrons. The van der Waals surface area contributed by atoms with Crippen LogP contribution in [0.4, 0.5) is 5.69 Å². The lowest BCUT2D eigenvalue weighted by molar-refractivity contribution is 0.0988. The van der Waals surface area contributed by atoms with E-state index in [1.54, 1.807) is 29.8 Å². The highest BCUT2D eigenvalue weighted by molar-refractivity contribution is 6.04. The lowest BCUT2D eigenvalue weighted by atomic mass is 10.2. The minimum Gasteiger partial charge on any atom is -0.497 e. The summed E-state index contributed by atoms with van der Waals surface area (Å²) in [7, 11) is 3.38. The first-order valence-electron chi connectivity index (χ1n) is 7.64. The van der Waals surface area contributed by atoms with Crippen LogP contribution in [0.5, 0.6) is 5.75 Å². The highest BCUT2D eigenvalue weighted by atomic mass is 16.5. The minimum atomic E-state index is -0.142. The van der Waals surface area contributed by atoms with Crippen LogP contribution in [0.1, 0.15) is 16.2 Å². The van der Waals surface area contributed by atoms with Gasteiger partial charge in [0.15, 0.2) is 5.69 Å². The average molecular weight is 321 g/mol. The molecule has 0 saturated heterocycles. The molecule has 5 nitrogen and oxygen atoms in total. The Morgan fingerprint density at radius 2 is 1.75 bits per heavy atom. The number of benzene rings is 2. The lowest BCUT2D eigenvalue weighted by Crippen LogP contribution is -2.26. The van der Waals surface area contributed by atoms with Gasteiger partial charge in [0.1, 0.15) is 5.75 Å². The predicted octanol–water partition coefficient (Wildman–Crippen LogP) is 3.47.